The summed E-state index contributed by atoms with van der Waals surface area (Å²) >= 11 is 0. The van der Waals surface area contributed by atoms with Gasteiger partial charge in [-0.25, -0.2) is 18.4 Å². The van der Waals surface area contributed by atoms with Crippen LogP contribution in [0.4, 0.5) is 62.3 Å². The number of rotatable bonds is 20. The van der Waals surface area contributed by atoms with Crippen molar-refractivity contribution in [2.45, 2.75) is 101 Å². The molecule has 2 N–H and O–H groups in total. The van der Waals surface area contributed by atoms with Crippen molar-refractivity contribution in [1.82, 2.24) is 10.2 Å². The van der Waals surface area contributed by atoms with E-state index in [2.05, 4.69) is 4.74 Å². The number of carboxylic acid groups (broad SMARTS) is 1. The standard InChI is InChI=1S/C23H34F12N2O4/c1-3-5-10-15(4-2)13-37(18(39)40)12-9-7-6-8-11-36-17(38)41-14-19(26,27)21(30,31)23(34,35)22(32,33)20(28,29)16(24)25/h15-16H,3-14H2,1-2H3,(H,36,38)(H,39,40). The summed E-state index contributed by atoms with van der Waals surface area (Å²) in [7, 11) is 0. The van der Waals surface area contributed by atoms with Gasteiger partial charge in [-0.1, -0.05) is 46.0 Å². The summed E-state index contributed by atoms with van der Waals surface area (Å²) in [5.74, 6) is -35.9. The Kier molecular flexibility index (Phi) is 14.9. The first-order valence-corrected chi connectivity index (χ1v) is 12.7. The molecule has 0 aromatic heterocycles. The Labute approximate surface area is 228 Å². The lowest BCUT2D eigenvalue weighted by Gasteiger charge is -2.38. The molecule has 0 bridgehead atoms. The zero-order valence-electron chi connectivity index (χ0n) is 22.3. The summed E-state index contributed by atoms with van der Waals surface area (Å²) in [5, 5.41) is 11.2. The number of hydrogen-bond donors (Lipinski definition) is 2. The number of halogens is 12. The zero-order chi connectivity index (χ0) is 32.3. The third kappa shape index (κ3) is 9.89. The maximum atomic E-state index is 13.6. The Hall–Kier alpha value is -2.30. The van der Waals surface area contributed by atoms with Gasteiger partial charge < -0.3 is 20.1 Å². The third-order valence-corrected chi connectivity index (χ3v) is 6.24. The molecule has 0 aliphatic rings. The van der Waals surface area contributed by atoms with E-state index in [-0.39, 0.29) is 25.4 Å². The summed E-state index contributed by atoms with van der Waals surface area (Å²) < 4.78 is 161. The van der Waals surface area contributed by atoms with E-state index in [1.54, 1.807) is 5.32 Å². The van der Waals surface area contributed by atoms with Crippen molar-refractivity contribution >= 4 is 12.2 Å². The van der Waals surface area contributed by atoms with E-state index in [1.807, 2.05) is 13.8 Å². The van der Waals surface area contributed by atoms with Gasteiger partial charge >= 0.3 is 48.2 Å². The lowest BCUT2D eigenvalue weighted by atomic mass is 9.94. The van der Waals surface area contributed by atoms with Gasteiger partial charge in [0.1, 0.15) is 0 Å². The molecule has 0 saturated carbocycles. The first-order chi connectivity index (χ1) is 18.6. The topological polar surface area (TPSA) is 78.9 Å². The highest BCUT2D eigenvalue weighted by molar-refractivity contribution is 5.67. The minimum atomic E-state index is -7.69. The van der Waals surface area contributed by atoms with Gasteiger partial charge in [-0.2, -0.15) is 43.9 Å². The predicted octanol–water partition coefficient (Wildman–Crippen LogP) is 7.91. The number of carbonyl (C=O) groups excluding carboxylic acids is 1. The van der Waals surface area contributed by atoms with Crippen LogP contribution < -0.4 is 5.32 Å². The van der Waals surface area contributed by atoms with Gasteiger partial charge in [0.05, 0.1) is 0 Å². The number of hydrogen-bond acceptors (Lipinski definition) is 3. The van der Waals surface area contributed by atoms with Crippen LogP contribution in [0.1, 0.15) is 65.2 Å². The molecule has 0 aromatic carbocycles. The number of unbranched alkanes of at least 4 members (excludes halogenated alkanes) is 4. The largest absolute Gasteiger partial charge is 0.465 e. The number of ether oxygens (including phenoxy) is 1. The molecular weight excluding hydrogens is 596 g/mol. The Bertz CT molecular complexity index is 816. The maximum Gasteiger partial charge on any atom is 0.407 e. The van der Waals surface area contributed by atoms with E-state index >= 15 is 0 Å². The number of amides is 2. The van der Waals surface area contributed by atoms with E-state index in [1.165, 1.54) is 4.90 Å². The van der Waals surface area contributed by atoms with Crippen LogP contribution in [0.25, 0.3) is 0 Å². The third-order valence-electron chi connectivity index (χ3n) is 6.24. The summed E-state index contributed by atoms with van der Waals surface area (Å²) in [6.45, 7) is 1.28. The van der Waals surface area contributed by atoms with Gasteiger partial charge in [0.15, 0.2) is 6.61 Å². The fourth-order valence-corrected chi connectivity index (χ4v) is 3.54. The van der Waals surface area contributed by atoms with Crippen LogP contribution in [0.3, 0.4) is 0 Å². The first kappa shape index (κ1) is 38.7. The fourth-order valence-electron chi connectivity index (χ4n) is 3.54. The van der Waals surface area contributed by atoms with Gasteiger partial charge in [0, 0.05) is 19.6 Å². The monoisotopic (exact) mass is 630 g/mol. The molecule has 0 fully saturated rings. The minimum Gasteiger partial charge on any atom is -0.465 e. The quantitative estimate of drug-likeness (QED) is 0.106. The van der Waals surface area contributed by atoms with Gasteiger partial charge in [0.2, 0.25) is 0 Å². The summed E-state index contributed by atoms with van der Waals surface area (Å²) in [5.41, 5.74) is 0. The number of alkyl halides is 12. The molecule has 1 unspecified atom stereocenters. The molecule has 18 heteroatoms. The number of alkyl carbamates (subject to hydrolysis) is 1. The lowest BCUT2D eigenvalue weighted by molar-refractivity contribution is -0.414. The van der Waals surface area contributed by atoms with Gasteiger partial charge in [-0.3, -0.25) is 0 Å². The summed E-state index contributed by atoms with van der Waals surface area (Å²) in [4.78, 5) is 24.2. The van der Waals surface area contributed by atoms with Crippen LogP contribution >= 0.6 is 0 Å². The smallest absolute Gasteiger partial charge is 0.407 e. The molecule has 2 amide bonds. The number of carbonyl (C=O) groups is 2. The molecule has 0 aliphatic heterocycles. The number of nitrogens with zero attached hydrogens (tertiary/aromatic N) is 1. The Morgan fingerprint density at radius 1 is 0.829 bits per heavy atom. The molecule has 0 heterocycles. The molecule has 1 atom stereocenters. The Morgan fingerprint density at radius 3 is 1.88 bits per heavy atom. The van der Waals surface area contributed by atoms with Crippen molar-refractivity contribution in [3.05, 3.63) is 0 Å². The molecule has 0 aliphatic carbocycles. The highest BCUT2D eigenvalue weighted by Gasteiger charge is 2.87. The Morgan fingerprint density at radius 2 is 1.39 bits per heavy atom. The van der Waals surface area contributed by atoms with Crippen LogP contribution in [0.15, 0.2) is 0 Å². The highest BCUT2D eigenvalue weighted by atomic mass is 19.4. The minimum absolute atomic E-state index is 0.149. The van der Waals surface area contributed by atoms with Crippen molar-refractivity contribution in [3.8, 4) is 0 Å². The van der Waals surface area contributed by atoms with Crippen LogP contribution in [0, 0.1) is 5.92 Å². The molecule has 6 nitrogen and oxygen atoms in total. The van der Waals surface area contributed by atoms with E-state index < -0.39 is 54.8 Å². The second-order valence-electron chi connectivity index (χ2n) is 9.41. The van der Waals surface area contributed by atoms with Crippen LogP contribution in [-0.2, 0) is 4.74 Å². The highest BCUT2D eigenvalue weighted by Crippen LogP contribution is 2.58. The Balaban J connectivity index is 4.72. The summed E-state index contributed by atoms with van der Waals surface area (Å²) in [6, 6.07) is 0. The molecule has 0 saturated heterocycles. The molecule has 244 valence electrons. The van der Waals surface area contributed by atoms with E-state index in [4.69, 9.17) is 0 Å². The number of nitrogens with one attached hydrogen (secondary N) is 1. The van der Waals surface area contributed by atoms with Gasteiger partial charge in [0.25, 0.3) is 0 Å². The van der Waals surface area contributed by atoms with Crippen LogP contribution in [0.2, 0.25) is 0 Å². The lowest BCUT2D eigenvalue weighted by Crippen LogP contribution is -2.69. The van der Waals surface area contributed by atoms with E-state index in [0.29, 0.717) is 25.8 Å². The summed E-state index contributed by atoms with van der Waals surface area (Å²) in [6.07, 6.45) is -3.53. The molecule has 41 heavy (non-hydrogen) atoms. The zero-order valence-corrected chi connectivity index (χ0v) is 22.3. The predicted molar refractivity (Wildman–Crippen MR) is 121 cm³/mol. The molecule has 0 aromatic rings. The fraction of sp³-hybridized carbons (Fsp3) is 0.913. The first-order valence-electron chi connectivity index (χ1n) is 12.7. The van der Waals surface area contributed by atoms with E-state index in [9.17, 15) is 67.4 Å². The molecule has 0 rings (SSSR count). The van der Waals surface area contributed by atoms with Crippen LogP contribution in [-0.4, -0.2) is 84.5 Å². The van der Waals surface area contributed by atoms with Crippen LogP contribution in [0.5, 0.6) is 0 Å². The van der Waals surface area contributed by atoms with Gasteiger partial charge in [-0.05, 0) is 25.2 Å². The van der Waals surface area contributed by atoms with Crippen molar-refractivity contribution in [1.29, 1.82) is 0 Å². The van der Waals surface area contributed by atoms with Crippen molar-refractivity contribution in [2.75, 3.05) is 26.2 Å². The molecule has 0 radical (unpaired) electrons. The van der Waals surface area contributed by atoms with E-state index in [0.717, 1.165) is 25.7 Å². The average molecular weight is 631 g/mol. The SMILES string of the molecule is CCCCC(CC)CN(CCCCCCNC(=O)OCC(F)(F)C(F)(F)C(F)(F)C(F)(F)C(F)(F)C(F)F)C(=O)O. The van der Waals surface area contributed by atoms with Gasteiger partial charge in [-0.15, -0.1) is 0 Å². The van der Waals surface area contributed by atoms with Crippen molar-refractivity contribution in [3.63, 3.8) is 0 Å². The second kappa shape index (κ2) is 15.8. The molecular formula is C23H34F12N2O4. The van der Waals surface area contributed by atoms with Crippen molar-refractivity contribution in [2.24, 2.45) is 5.92 Å². The average Bonchev–Trinajstić information content (AvgIpc) is 2.87. The normalized spacial score (nSPS) is 14.2. The maximum absolute atomic E-state index is 13.6. The molecule has 0 spiro atoms. The van der Waals surface area contributed by atoms with Crippen molar-refractivity contribution < 1.29 is 72.1 Å². The second-order valence-corrected chi connectivity index (χ2v) is 9.41.